The minimum absolute atomic E-state index is 0.0620. The number of carbonyl (C=O) groups excluding carboxylic acids is 1. The van der Waals surface area contributed by atoms with E-state index in [9.17, 15) is 35.7 Å². The summed E-state index contributed by atoms with van der Waals surface area (Å²) < 4.78 is 79.1. The quantitative estimate of drug-likeness (QED) is 0.265. The van der Waals surface area contributed by atoms with Gasteiger partial charge in [0.15, 0.2) is 19.6 Å². The molecule has 0 spiro atoms. The topological polar surface area (TPSA) is 108 Å². The molecule has 0 saturated heterocycles. The van der Waals surface area contributed by atoms with Crippen molar-refractivity contribution < 1.29 is 30.9 Å². The van der Waals surface area contributed by atoms with Crippen molar-refractivity contribution in [1.29, 1.82) is 0 Å². The number of benzene rings is 3. The van der Waals surface area contributed by atoms with Gasteiger partial charge >= 0.3 is 6.18 Å². The summed E-state index contributed by atoms with van der Waals surface area (Å²) >= 11 is 1.40. The largest absolute Gasteiger partial charge is 0.606 e. The van der Waals surface area contributed by atoms with Crippen LogP contribution < -0.4 is 10.9 Å². The highest BCUT2D eigenvalue weighted by Gasteiger charge is 2.32. The maximum absolute atomic E-state index is 13.6. The second kappa shape index (κ2) is 11.8. The zero-order valence-electron chi connectivity index (χ0n) is 21.5. The molecule has 41 heavy (non-hydrogen) atoms. The first-order chi connectivity index (χ1) is 19.2. The maximum atomic E-state index is 13.6. The SMILES string of the molecule is Cc1c([S+]([O-])c2ccc(Br)cc2)cc(C(=O)NCc2ccc(S(C)(=O)=O)cc2)c(=O)n1-c1cccc(C(F)(F)F)c1. The normalized spacial score (nSPS) is 12.7. The van der Waals surface area contributed by atoms with E-state index in [1.54, 1.807) is 24.3 Å². The number of pyridine rings is 1. The first kappa shape index (κ1) is 30.6. The molecule has 1 N–H and O–H groups in total. The van der Waals surface area contributed by atoms with Gasteiger partial charge in [-0.05, 0) is 67.1 Å². The van der Waals surface area contributed by atoms with Crippen molar-refractivity contribution in [2.45, 2.75) is 34.3 Å². The molecule has 3 aromatic carbocycles. The lowest BCUT2D eigenvalue weighted by Gasteiger charge is -2.19. The van der Waals surface area contributed by atoms with Gasteiger partial charge in [-0.2, -0.15) is 13.2 Å². The van der Waals surface area contributed by atoms with Gasteiger partial charge in [-0.1, -0.05) is 34.1 Å². The number of rotatable bonds is 7. The Balaban J connectivity index is 1.79. The minimum Gasteiger partial charge on any atom is -0.606 e. The molecule has 0 saturated carbocycles. The highest BCUT2D eigenvalue weighted by Crippen LogP contribution is 2.31. The van der Waals surface area contributed by atoms with E-state index >= 15 is 0 Å². The second-order valence-corrected chi connectivity index (χ2v) is 13.4. The Morgan fingerprint density at radius 1 is 1.02 bits per heavy atom. The summed E-state index contributed by atoms with van der Waals surface area (Å²) in [6, 6.07) is 17.5. The molecule has 1 amide bonds. The lowest BCUT2D eigenvalue weighted by Crippen LogP contribution is -2.34. The molecule has 214 valence electrons. The van der Waals surface area contributed by atoms with Crippen LogP contribution in [-0.2, 0) is 33.7 Å². The number of nitrogens with one attached hydrogen (secondary N) is 1. The van der Waals surface area contributed by atoms with Gasteiger partial charge in [0.25, 0.3) is 11.5 Å². The van der Waals surface area contributed by atoms with Crippen LogP contribution in [0.15, 0.2) is 103 Å². The molecule has 1 heterocycles. The first-order valence-electron chi connectivity index (χ1n) is 11.9. The molecule has 1 unspecified atom stereocenters. The van der Waals surface area contributed by atoms with Crippen molar-refractivity contribution in [2.75, 3.05) is 6.26 Å². The summed E-state index contributed by atoms with van der Waals surface area (Å²) in [6.07, 6.45) is -3.62. The average molecular weight is 668 g/mol. The van der Waals surface area contributed by atoms with Crippen LogP contribution in [-0.4, -0.2) is 29.7 Å². The van der Waals surface area contributed by atoms with Gasteiger partial charge in [-0.15, -0.1) is 0 Å². The van der Waals surface area contributed by atoms with Gasteiger partial charge in [0, 0.05) is 40.2 Å². The van der Waals surface area contributed by atoms with Crippen molar-refractivity contribution >= 4 is 42.9 Å². The van der Waals surface area contributed by atoms with E-state index in [1.165, 1.54) is 43.3 Å². The van der Waals surface area contributed by atoms with E-state index < -0.39 is 49.8 Å². The number of hydrogen-bond donors (Lipinski definition) is 1. The molecule has 0 radical (unpaired) electrons. The third-order valence-corrected chi connectivity index (χ3v) is 9.28. The summed E-state index contributed by atoms with van der Waals surface area (Å²) in [4.78, 5) is 27.3. The van der Waals surface area contributed by atoms with E-state index in [4.69, 9.17) is 0 Å². The zero-order chi connectivity index (χ0) is 30.1. The third kappa shape index (κ3) is 6.92. The predicted octanol–water partition coefficient (Wildman–Crippen LogP) is 5.43. The fourth-order valence-electron chi connectivity index (χ4n) is 3.98. The van der Waals surface area contributed by atoms with E-state index in [1.807, 2.05) is 0 Å². The van der Waals surface area contributed by atoms with Gasteiger partial charge in [-0.3, -0.25) is 14.2 Å². The standard InChI is InChI=1S/C28H22BrF3N2O5S2/c1-17-25(40(37)22-10-8-20(29)9-11-22)15-24(26(35)33-16-18-6-12-23(13-7-18)41(2,38)39)27(36)34(17)21-5-3-4-19(14-21)28(30,31)32/h3-15H,16H2,1-2H3,(H,33,35). The number of hydrogen-bond acceptors (Lipinski definition) is 5. The zero-order valence-corrected chi connectivity index (χ0v) is 24.7. The number of carbonyl (C=O) groups is 1. The van der Waals surface area contributed by atoms with Crippen LogP contribution in [0.3, 0.4) is 0 Å². The van der Waals surface area contributed by atoms with E-state index in [0.717, 1.165) is 33.5 Å². The van der Waals surface area contributed by atoms with Crippen LogP contribution in [0.1, 0.15) is 27.2 Å². The van der Waals surface area contributed by atoms with Crippen molar-refractivity contribution in [3.05, 3.63) is 116 Å². The first-order valence-corrected chi connectivity index (χ1v) is 15.7. The highest BCUT2D eigenvalue weighted by atomic mass is 79.9. The lowest BCUT2D eigenvalue weighted by molar-refractivity contribution is -0.137. The Morgan fingerprint density at radius 2 is 1.66 bits per heavy atom. The smallest absolute Gasteiger partial charge is 0.416 e. The average Bonchev–Trinajstić information content (AvgIpc) is 2.91. The van der Waals surface area contributed by atoms with E-state index in [2.05, 4.69) is 21.2 Å². The van der Waals surface area contributed by atoms with Crippen LogP contribution in [0.25, 0.3) is 5.69 Å². The van der Waals surface area contributed by atoms with Crippen LogP contribution in [0.4, 0.5) is 13.2 Å². The van der Waals surface area contributed by atoms with Crippen molar-refractivity contribution in [1.82, 2.24) is 9.88 Å². The number of amides is 1. The monoisotopic (exact) mass is 666 g/mol. The van der Waals surface area contributed by atoms with Crippen LogP contribution in [0.2, 0.25) is 0 Å². The van der Waals surface area contributed by atoms with Crippen LogP contribution >= 0.6 is 15.9 Å². The summed E-state index contributed by atoms with van der Waals surface area (Å²) in [7, 11) is -3.42. The number of aromatic nitrogens is 1. The molecule has 1 atom stereocenters. The number of nitrogens with zero attached hydrogens (tertiary/aromatic N) is 1. The Hall–Kier alpha value is -3.39. The number of sulfone groups is 1. The summed E-state index contributed by atoms with van der Waals surface area (Å²) in [5.74, 6) is -0.850. The maximum Gasteiger partial charge on any atom is 0.416 e. The molecule has 1 aromatic heterocycles. The second-order valence-electron chi connectivity index (χ2n) is 9.02. The van der Waals surface area contributed by atoms with Crippen molar-refractivity contribution in [3.63, 3.8) is 0 Å². The highest BCUT2D eigenvalue weighted by molar-refractivity contribution is 9.10. The Labute approximate surface area is 245 Å². The van der Waals surface area contributed by atoms with Crippen molar-refractivity contribution in [3.8, 4) is 5.69 Å². The molecule has 0 bridgehead atoms. The van der Waals surface area contributed by atoms with Gasteiger partial charge in [0.1, 0.15) is 5.56 Å². The molecule has 0 aliphatic rings. The fourth-order valence-corrected chi connectivity index (χ4v) is 6.10. The van der Waals surface area contributed by atoms with Gasteiger partial charge < -0.3 is 9.87 Å². The molecule has 4 aromatic rings. The molecular formula is C28H22BrF3N2O5S2. The Morgan fingerprint density at radius 3 is 2.24 bits per heavy atom. The summed E-state index contributed by atoms with van der Waals surface area (Å²) in [5, 5.41) is 2.57. The molecule has 13 heteroatoms. The molecule has 7 nitrogen and oxygen atoms in total. The Bertz CT molecular complexity index is 1770. The van der Waals surface area contributed by atoms with Gasteiger partial charge in [-0.25, -0.2) is 8.42 Å². The third-order valence-electron chi connectivity index (χ3n) is 6.11. The summed E-state index contributed by atoms with van der Waals surface area (Å²) in [6.45, 7) is 1.36. The Kier molecular flexibility index (Phi) is 8.83. The summed E-state index contributed by atoms with van der Waals surface area (Å²) in [5.41, 5.74) is -1.84. The predicted molar refractivity (Wildman–Crippen MR) is 151 cm³/mol. The van der Waals surface area contributed by atoms with Crippen LogP contribution in [0, 0.1) is 6.92 Å². The number of halogens is 4. The van der Waals surface area contributed by atoms with Gasteiger partial charge in [0.05, 0.1) is 16.2 Å². The molecule has 0 fully saturated rings. The molecular weight excluding hydrogens is 645 g/mol. The van der Waals surface area contributed by atoms with Gasteiger partial charge in [0.2, 0.25) is 0 Å². The fraction of sp³-hybridized carbons (Fsp3) is 0.143. The molecule has 0 aliphatic carbocycles. The van der Waals surface area contributed by atoms with E-state index in [-0.39, 0.29) is 27.7 Å². The number of alkyl halides is 3. The molecule has 0 aliphatic heterocycles. The molecule has 4 rings (SSSR count). The van der Waals surface area contributed by atoms with Crippen LogP contribution in [0.5, 0.6) is 0 Å². The minimum atomic E-state index is -4.68. The lowest BCUT2D eigenvalue weighted by atomic mass is 10.1. The van der Waals surface area contributed by atoms with E-state index in [0.29, 0.717) is 10.5 Å². The van der Waals surface area contributed by atoms with Crippen molar-refractivity contribution in [2.24, 2.45) is 0 Å².